The molecule has 1 fully saturated rings. The van der Waals surface area contributed by atoms with Gasteiger partial charge in [-0.05, 0) is 61.4 Å². The molecule has 0 bridgehead atoms. The number of aryl methyl sites for hydroxylation is 2. The van der Waals surface area contributed by atoms with Crippen LogP contribution in [0.2, 0.25) is 0 Å². The number of amides is 1. The summed E-state index contributed by atoms with van der Waals surface area (Å²) in [5.74, 6) is 0.145. The monoisotopic (exact) mass is 302 g/mol. The lowest BCUT2D eigenvalue weighted by atomic mass is 9.84. The summed E-state index contributed by atoms with van der Waals surface area (Å²) >= 11 is 0. The summed E-state index contributed by atoms with van der Waals surface area (Å²) in [7, 11) is 2.02. The van der Waals surface area contributed by atoms with E-state index in [2.05, 4.69) is 57.0 Å². The first-order valence-corrected chi connectivity index (χ1v) is 8.25. The summed E-state index contributed by atoms with van der Waals surface area (Å²) in [6.07, 6.45) is 2.28. The Hall–Kier alpha value is -1.35. The molecule has 1 N–H and O–H groups in total. The van der Waals surface area contributed by atoms with Crippen molar-refractivity contribution in [1.29, 1.82) is 0 Å². The molecule has 1 aromatic carbocycles. The Morgan fingerprint density at radius 3 is 2.23 bits per heavy atom. The van der Waals surface area contributed by atoms with Crippen LogP contribution >= 0.6 is 0 Å². The van der Waals surface area contributed by atoms with Crippen LogP contribution < -0.4 is 5.32 Å². The van der Waals surface area contributed by atoms with Crippen LogP contribution in [0.15, 0.2) is 12.1 Å². The van der Waals surface area contributed by atoms with E-state index in [1.807, 2.05) is 7.05 Å². The zero-order valence-electron chi connectivity index (χ0n) is 14.9. The zero-order valence-corrected chi connectivity index (χ0v) is 14.9. The van der Waals surface area contributed by atoms with Crippen LogP contribution in [0.4, 0.5) is 0 Å². The van der Waals surface area contributed by atoms with Gasteiger partial charge in [0.15, 0.2) is 0 Å². The van der Waals surface area contributed by atoms with E-state index >= 15 is 0 Å². The molecule has 0 heterocycles. The van der Waals surface area contributed by atoms with Crippen LogP contribution in [0, 0.1) is 13.8 Å². The van der Waals surface area contributed by atoms with Gasteiger partial charge in [0.05, 0.1) is 6.54 Å². The van der Waals surface area contributed by atoms with Gasteiger partial charge in [0.25, 0.3) is 0 Å². The van der Waals surface area contributed by atoms with Crippen LogP contribution in [0.3, 0.4) is 0 Å². The third-order valence-electron chi connectivity index (χ3n) is 4.35. The molecule has 2 rings (SSSR count). The average Bonchev–Trinajstić information content (AvgIpc) is 3.15. The minimum absolute atomic E-state index is 0.145. The minimum Gasteiger partial charge on any atom is -0.352 e. The predicted molar refractivity (Wildman–Crippen MR) is 92.1 cm³/mol. The molecule has 0 aromatic heterocycles. The van der Waals surface area contributed by atoms with Gasteiger partial charge in [-0.3, -0.25) is 9.69 Å². The summed E-state index contributed by atoms with van der Waals surface area (Å²) in [5.41, 5.74) is 5.53. The SMILES string of the molecule is Cc1cc(C(C)(C)C)cc(C)c1CN(C)CC(=O)NC1CC1. The van der Waals surface area contributed by atoms with Gasteiger partial charge >= 0.3 is 0 Å². The van der Waals surface area contributed by atoms with Crippen molar-refractivity contribution in [2.24, 2.45) is 0 Å². The van der Waals surface area contributed by atoms with Gasteiger partial charge < -0.3 is 5.32 Å². The molecule has 1 amide bonds. The number of rotatable bonds is 5. The van der Waals surface area contributed by atoms with Crippen molar-refractivity contribution >= 4 is 5.91 Å². The molecular formula is C19H30N2O. The second-order valence-corrected chi connectivity index (χ2v) is 7.85. The van der Waals surface area contributed by atoms with Gasteiger partial charge in [0.1, 0.15) is 0 Å². The molecule has 1 saturated carbocycles. The Labute approximate surface area is 135 Å². The van der Waals surface area contributed by atoms with E-state index in [0.717, 1.165) is 19.4 Å². The molecule has 0 unspecified atom stereocenters. The molecule has 0 atom stereocenters. The molecule has 1 aromatic rings. The van der Waals surface area contributed by atoms with Gasteiger partial charge in [-0.1, -0.05) is 32.9 Å². The highest BCUT2D eigenvalue weighted by atomic mass is 16.2. The van der Waals surface area contributed by atoms with Gasteiger partial charge in [-0.15, -0.1) is 0 Å². The quantitative estimate of drug-likeness (QED) is 0.905. The number of carbonyl (C=O) groups excluding carboxylic acids is 1. The van der Waals surface area contributed by atoms with Crippen LogP contribution in [-0.2, 0) is 16.8 Å². The number of likely N-dealkylation sites (N-methyl/N-ethyl adjacent to an activating group) is 1. The van der Waals surface area contributed by atoms with E-state index in [1.54, 1.807) is 0 Å². The lowest BCUT2D eigenvalue weighted by Crippen LogP contribution is -2.36. The largest absolute Gasteiger partial charge is 0.352 e. The van der Waals surface area contributed by atoms with Gasteiger partial charge in [0.2, 0.25) is 5.91 Å². The molecular weight excluding hydrogens is 272 g/mol. The number of nitrogens with zero attached hydrogens (tertiary/aromatic N) is 1. The highest BCUT2D eigenvalue weighted by Gasteiger charge is 2.23. The molecule has 3 heteroatoms. The van der Waals surface area contributed by atoms with Gasteiger partial charge in [0, 0.05) is 12.6 Å². The maximum atomic E-state index is 11.9. The first-order valence-electron chi connectivity index (χ1n) is 8.25. The van der Waals surface area contributed by atoms with E-state index in [-0.39, 0.29) is 11.3 Å². The van der Waals surface area contributed by atoms with Crippen molar-refractivity contribution < 1.29 is 4.79 Å². The second kappa shape index (κ2) is 6.41. The van der Waals surface area contributed by atoms with Crippen molar-refractivity contribution in [3.05, 3.63) is 34.4 Å². The molecule has 122 valence electrons. The third-order valence-corrected chi connectivity index (χ3v) is 4.35. The van der Waals surface area contributed by atoms with Crippen LogP contribution in [0.25, 0.3) is 0 Å². The van der Waals surface area contributed by atoms with Crippen LogP contribution in [0.5, 0.6) is 0 Å². The normalized spacial score (nSPS) is 15.2. The number of hydrogen-bond donors (Lipinski definition) is 1. The topological polar surface area (TPSA) is 32.3 Å². The summed E-state index contributed by atoms with van der Waals surface area (Å²) < 4.78 is 0. The lowest BCUT2D eigenvalue weighted by Gasteiger charge is -2.24. The predicted octanol–water partition coefficient (Wildman–Crippen LogP) is 3.31. The Kier molecular flexibility index (Phi) is 4.96. The number of nitrogens with one attached hydrogen (secondary N) is 1. The van der Waals surface area contributed by atoms with E-state index in [4.69, 9.17) is 0 Å². The van der Waals surface area contributed by atoms with E-state index in [1.165, 1.54) is 22.3 Å². The van der Waals surface area contributed by atoms with Crippen LogP contribution in [-0.4, -0.2) is 30.4 Å². The third kappa shape index (κ3) is 4.57. The van der Waals surface area contributed by atoms with E-state index < -0.39 is 0 Å². The molecule has 0 radical (unpaired) electrons. The molecule has 0 spiro atoms. The van der Waals surface area contributed by atoms with Gasteiger partial charge in [-0.25, -0.2) is 0 Å². The number of carbonyl (C=O) groups is 1. The van der Waals surface area contributed by atoms with Gasteiger partial charge in [-0.2, -0.15) is 0 Å². The molecule has 0 aliphatic heterocycles. The number of hydrogen-bond acceptors (Lipinski definition) is 2. The fourth-order valence-electron chi connectivity index (χ4n) is 2.75. The van der Waals surface area contributed by atoms with Crippen molar-refractivity contribution in [3.63, 3.8) is 0 Å². The maximum absolute atomic E-state index is 11.9. The first kappa shape index (κ1) is 17.0. The van der Waals surface area contributed by atoms with Crippen LogP contribution in [0.1, 0.15) is 55.9 Å². The van der Waals surface area contributed by atoms with E-state index in [0.29, 0.717) is 12.6 Å². The number of benzene rings is 1. The average molecular weight is 302 g/mol. The molecule has 0 saturated heterocycles. The van der Waals surface area contributed by atoms with Crippen molar-refractivity contribution in [2.75, 3.05) is 13.6 Å². The fourth-order valence-corrected chi connectivity index (χ4v) is 2.75. The Bertz CT molecular complexity index is 530. The molecule has 3 nitrogen and oxygen atoms in total. The minimum atomic E-state index is 0.145. The smallest absolute Gasteiger partial charge is 0.234 e. The lowest BCUT2D eigenvalue weighted by molar-refractivity contribution is -0.122. The van der Waals surface area contributed by atoms with E-state index in [9.17, 15) is 4.79 Å². The summed E-state index contributed by atoms with van der Waals surface area (Å²) in [6, 6.07) is 5.02. The summed E-state index contributed by atoms with van der Waals surface area (Å²) in [5, 5.41) is 3.05. The molecule has 22 heavy (non-hydrogen) atoms. The van der Waals surface area contributed by atoms with Crippen molar-refractivity contribution in [2.45, 2.75) is 65.5 Å². The summed E-state index contributed by atoms with van der Waals surface area (Å²) in [6.45, 7) is 12.4. The fraction of sp³-hybridized carbons (Fsp3) is 0.632. The Morgan fingerprint density at radius 2 is 1.77 bits per heavy atom. The Balaban J connectivity index is 2.03. The highest BCUT2D eigenvalue weighted by Crippen LogP contribution is 2.27. The Morgan fingerprint density at radius 1 is 1.23 bits per heavy atom. The second-order valence-electron chi connectivity index (χ2n) is 7.85. The highest BCUT2D eigenvalue weighted by molar-refractivity contribution is 5.78. The standard InChI is InChI=1S/C19H30N2O/c1-13-9-15(19(3,4)5)10-14(2)17(13)11-21(6)12-18(22)20-16-7-8-16/h9-10,16H,7-8,11-12H2,1-6H3,(H,20,22). The zero-order chi connectivity index (χ0) is 16.5. The molecule has 1 aliphatic rings. The maximum Gasteiger partial charge on any atom is 0.234 e. The molecule has 1 aliphatic carbocycles. The van der Waals surface area contributed by atoms with Crippen molar-refractivity contribution in [1.82, 2.24) is 10.2 Å². The first-order chi connectivity index (χ1) is 10.2. The van der Waals surface area contributed by atoms with Crippen molar-refractivity contribution in [3.8, 4) is 0 Å². The summed E-state index contributed by atoms with van der Waals surface area (Å²) in [4.78, 5) is 14.0.